The van der Waals surface area contributed by atoms with Crippen molar-refractivity contribution in [3.8, 4) is 22.9 Å². The lowest BCUT2D eigenvalue weighted by Gasteiger charge is -2.31. The number of esters is 2. The summed E-state index contributed by atoms with van der Waals surface area (Å²) >= 11 is 0. The molecule has 2 aliphatic heterocycles. The Kier molecular flexibility index (Phi) is 19.2. The fourth-order valence-electron chi connectivity index (χ4n) is 12.3. The van der Waals surface area contributed by atoms with Crippen LogP contribution in [-0.2, 0) is 86.7 Å². The third kappa shape index (κ3) is 14.6. The molecule has 0 aliphatic carbocycles. The van der Waals surface area contributed by atoms with Crippen LogP contribution in [0.1, 0.15) is 121 Å². The molecule has 10 aromatic rings. The van der Waals surface area contributed by atoms with Gasteiger partial charge in [-0.05, 0) is 169 Å². The van der Waals surface area contributed by atoms with Crippen LogP contribution < -0.4 is 15.0 Å². The number of alkyl halides is 3. The van der Waals surface area contributed by atoms with Crippen LogP contribution >= 0.6 is 0 Å². The molecule has 0 saturated heterocycles. The molecule has 4 aromatic carbocycles. The third-order valence-electron chi connectivity index (χ3n) is 17.0. The van der Waals surface area contributed by atoms with E-state index in [1.54, 1.807) is 89.7 Å². The summed E-state index contributed by atoms with van der Waals surface area (Å²) in [6, 6.07) is 47.4. The zero-order chi connectivity index (χ0) is 65.3. The lowest BCUT2D eigenvalue weighted by molar-refractivity contribution is -0.172. The van der Waals surface area contributed by atoms with E-state index in [-0.39, 0.29) is 72.8 Å². The molecule has 0 saturated carbocycles. The van der Waals surface area contributed by atoms with E-state index in [0.717, 1.165) is 62.5 Å². The molecule has 0 unspecified atom stereocenters. The number of pyridine rings is 6. The smallest absolute Gasteiger partial charge is 0.416 e. The van der Waals surface area contributed by atoms with E-state index in [0.29, 0.717) is 86.7 Å². The fourth-order valence-corrected chi connectivity index (χ4v) is 12.3. The van der Waals surface area contributed by atoms with Crippen molar-refractivity contribution < 1.29 is 46.9 Å². The fraction of sp³-hybridized carbons (Fsp3) is 0.257. The highest BCUT2D eigenvalue weighted by Gasteiger charge is 2.45. The largest absolute Gasteiger partial charge is 0.494 e. The lowest BCUT2D eigenvalue weighted by Crippen LogP contribution is -2.44. The van der Waals surface area contributed by atoms with Gasteiger partial charge in [-0.2, -0.15) is 13.2 Å². The van der Waals surface area contributed by atoms with E-state index in [4.69, 9.17) is 19.2 Å². The number of unbranched alkanes of at least 4 members (excludes halogenated alkanes) is 1. The summed E-state index contributed by atoms with van der Waals surface area (Å²) in [6.45, 7) is 7.57. The van der Waals surface area contributed by atoms with Crippen molar-refractivity contribution in [3.63, 3.8) is 0 Å². The van der Waals surface area contributed by atoms with Crippen LogP contribution in [0.4, 0.5) is 13.2 Å². The SMILES string of the molecule is CCc1c2c(nc3ccc(OC(=O)c4ccc(CN(CCCCOc5cc(CN(Cc6ccccn6)Cc6ccccn6)cc(CN(Cc6ccccn6)Cc6ccccn6)c5)C(=O)c5ccc(C(F)(F)F)cc5)cc4)cc13)-c1cc3c(c(=O)n1C2)COC(=O)[C@]3(O)CC. The molecular formula is C74H68F3N9O8. The Morgan fingerprint density at radius 2 is 1.20 bits per heavy atom. The standard InChI is InChI=1S/C74H68F3N9O8/c1-3-61-62-38-59(27-28-66(62)82-68-63(61)47-86-67(68)39-65-64(70(86)88)48-93-72(90)73(65,91)4-2)94-71(89)53-21-19-49(20-22-53)42-85(69(87)52-23-25-54(26-24-52)74(75,76)77)33-13-14-34-92-60-36-50(40-83(43-55-15-5-9-29-78-55)44-56-16-6-10-30-79-56)35-51(37-60)41-84(45-57-17-7-11-31-80-57)46-58-18-8-12-32-81-58/h5-12,15-32,35-39,91H,3-4,13-14,33-34,40-48H2,1-2H3/t73-/m0/s1. The number of carbonyl (C=O) groups excluding carboxylic acids is 3. The Balaban J connectivity index is 0.750. The average Bonchev–Trinajstić information content (AvgIpc) is 1.52. The van der Waals surface area contributed by atoms with Crippen molar-refractivity contribution in [2.75, 3.05) is 13.2 Å². The molecule has 12 rings (SSSR count). The normalized spacial score (nSPS) is 14.1. The molecule has 0 fully saturated rings. The molecule has 478 valence electrons. The minimum atomic E-state index is -4.59. The Labute approximate surface area is 541 Å². The highest BCUT2D eigenvalue weighted by atomic mass is 19.4. The second kappa shape index (κ2) is 28.3. The Morgan fingerprint density at radius 1 is 0.628 bits per heavy atom. The van der Waals surface area contributed by atoms with Gasteiger partial charge in [0, 0.05) is 99.2 Å². The second-order valence-electron chi connectivity index (χ2n) is 23.6. The molecule has 0 spiro atoms. The Bertz CT molecular complexity index is 4220. The number of benzene rings is 4. The highest BCUT2D eigenvalue weighted by Crippen LogP contribution is 2.41. The molecule has 1 atom stereocenters. The molecule has 0 bridgehead atoms. The molecule has 94 heavy (non-hydrogen) atoms. The quantitative estimate of drug-likeness (QED) is 0.0322. The predicted molar refractivity (Wildman–Crippen MR) is 346 cm³/mol. The van der Waals surface area contributed by atoms with Crippen LogP contribution in [0.5, 0.6) is 11.5 Å². The van der Waals surface area contributed by atoms with Crippen molar-refractivity contribution in [3.05, 3.63) is 277 Å². The number of aryl methyl sites for hydroxylation is 1. The van der Waals surface area contributed by atoms with Crippen LogP contribution in [0.25, 0.3) is 22.3 Å². The van der Waals surface area contributed by atoms with Gasteiger partial charge in [0.2, 0.25) is 0 Å². The van der Waals surface area contributed by atoms with E-state index in [1.165, 1.54) is 12.1 Å². The molecule has 8 heterocycles. The molecule has 1 amide bonds. The van der Waals surface area contributed by atoms with Gasteiger partial charge < -0.3 is 28.8 Å². The third-order valence-corrected chi connectivity index (χ3v) is 17.0. The monoisotopic (exact) mass is 1270 g/mol. The summed E-state index contributed by atoms with van der Waals surface area (Å²) in [6.07, 6.45) is 4.14. The first kappa shape index (κ1) is 63.9. The van der Waals surface area contributed by atoms with Crippen molar-refractivity contribution in [1.82, 2.24) is 44.2 Å². The van der Waals surface area contributed by atoms with Gasteiger partial charge in [0.25, 0.3) is 11.5 Å². The molecule has 20 heteroatoms. The number of halogens is 3. The highest BCUT2D eigenvalue weighted by molar-refractivity contribution is 5.95. The van der Waals surface area contributed by atoms with E-state index in [1.807, 2.05) is 79.7 Å². The van der Waals surface area contributed by atoms with Gasteiger partial charge in [0.05, 0.1) is 69.5 Å². The van der Waals surface area contributed by atoms with Crippen molar-refractivity contribution >= 4 is 28.7 Å². The minimum Gasteiger partial charge on any atom is -0.494 e. The van der Waals surface area contributed by atoms with Gasteiger partial charge in [0.1, 0.15) is 18.1 Å². The zero-order valence-corrected chi connectivity index (χ0v) is 52.0. The van der Waals surface area contributed by atoms with Crippen LogP contribution in [0, 0.1) is 0 Å². The summed E-state index contributed by atoms with van der Waals surface area (Å²) < 4.78 is 60.5. The molecule has 1 N–H and O–H groups in total. The van der Waals surface area contributed by atoms with Gasteiger partial charge in [0.15, 0.2) is 5.60 Å². The number of hydrogen-bond donors (Lipinski definition) is 1. The Morgan fingerprint density at radius 3 is 1.73 bits per heavy atom. The molecule has 17 nitrogen and oxygen atoms in total. The average molecular weight is 1270 g/mol. The maximum atomic E-state index is 14.3. The summed E-state index contributed by atoms with van der Waals surface area (Å²) in [7, 11) is 0. The summed E-state index contributed by atoms with van der Waals surface area (Å²) in [5, 5.41) is 12.1. The lowest BCUT2D eigenvalue weighted by atomic mass is 9.86. The van der Waals surface area contributed by atoms with Crippen LogP contribution in [0.15, 0.2) is 193 Å². The van der Waals surface area contributed by atoms with E-state index < -0.39 is 35.2 Å². The number of amides is 1. The van der Waals surface area contributed by atoms with Gasteiger partial charge in [-0.3, -0.25) is 39.3 Å². The van der Waals surface area contributed by atoms with Crippen LogP contribution in [-0.4, -0.2) is 80.3 Å². The van der Waals surface area contributed by atoms with Gasteiger partial charge in [-0.15, -0.1) is 0 Å². The van der Waals surface area contributed by atoms with Crippen LogP contribution in [0.2, 0.25) is 0 Å². The first-order valence-electron chi connectivity index (χ1n) is 31.3. The number of rotatable bonds is 25. The molecular weight excluding hydrogens is 1200 g/mol. The number of nitrogens with zero attached hydrogens (tertiary/aromatic N) is 9. The van der Waals surface area contributed by atoms with Crippen molar-refractivity contribution in [1.29, 1.82) is 0 Å². The number of carbonyl (C=O) groups is 3. The molecule has 0 radical (unpaired) electrons. The zero-order valence-electron chi connectivity index (χ0n) is 52.0. The number of aromatic nitrogens is 6. The van der Waals surface area contributed by atoms with Gasteiger partial charge >= 0.3 is 18.1 Å². The number of cyclic esters (lactones) is 1. The number of hydrogen-bond acceptors (Lipinski definition) is 15. The van der Waals surface area contributed by atoms with E-state index in [2.05, 4.69) is 47.9 Å². The first-order chi connectivity index (χ1) is 45.6. The first-order valence-corrected chi connectivity index (χ1v) is 31.3. The molecule has 6 aromatic heterocycles. The van der Waals surface area contributed by atoms with Crippen molar-refractivity contribution in [2.24, 2.45) is 0 Å². The summed E-state index contributed by atoms with van der Waals surface area (Å²) in [5.41, 5.74) is 7.26. The predicted octanol–water partition coefficient (Wildman–Crippen LogP) is 12.4. The van der Waals surface area contributed by atoms with E-state index >= 15 is 0 Å². The number of fused-ring (bicyclic) bond motifs is 5. The molecule has 2 aliphatic rings. The van der Waals surface area contributed by atoms with Gasteiger partial charge in [-0.25, -0.2) is 14.6 Å². The summed E-state index contributed by atoms with van der Waals surface area (Å²) in [5.74, 6) is -0.990. The maximum absolute atomic E-state index is 14.3. The summed E-state index contributed by atoms with van der Waals surface area (Å²) in [4.78, 5) is 84.5. The Hall–Kier alpha value is -10.3. The van der Waals surface area contributed by atoms with Crippen LogP contribution in [0.3, 0.4) is 0 Å². The second-order valence-corrected chi connectivity index (χ2v) is 23.6. The van der Waals surface area contributed by atoms with Crippen molar-refractivity contribution in [2.45, 2.75) is 110 Å². The van der Waals surface area contributed by atoms with Gasteiger partial charge in [-0.1, -0.05) is 56.3 Å². The number of aliphatic hydroxyl groups is 1. The topological polar surface area (TPSA) is 195 Å². The minimum absolute atomic E-state index is 0.0201. The van der Waals surface area contributed by atoms with E-state index in [9.17, 15) is 37.5 Å². The number of ether oxygens (including phenoxy) is 3. The maximum Gasteiger partial charge on any atom is 0.416 e.